The van der Waals surface area contributed by atoms with Gasteiger partial charge >= 0.3 is 0 Å². The number of fused-ring (bicyclic) bond motifs is 4. The Morgan fingerprint density at radius 3 is 2.55 bits per heavy atom. The van der Waals surface area contributed by atoms with E-state index in [0.717, 1.165) is 46.4 Å². The second kappa shape index (κ2) is 7.47. The standard InChI is InChI=1S/C27H22N2OS/c30-27-24-22-15-6-7-16-23(22)31-26(24)28-25(19-10-2-1-3-11-19)29(27)17-20-13-8-12-18-9-4-5-14-21(18)20/h1-5,8-14H,6-7,15-17H2. The first-order valence-corrected chi connectivity index (χ1v) is 11.7. The molecular formula is C27H22N2OS. The molecule has 152 valence electrons. The van der Waals surface area contributed by atoms with Crippen molar-refractivity contribution < 1.29 is 0 Å². The van der Waals surface area contributed by atoms with Crippen LogP contribution < -0.4 is 5.56 Å². The summed E-state index contributed by atoms with van der Waals surface area (Å²) in [6, 6.07) is 24.8. The highest BCUT2D eigenvalue weighted by Gasteiger charge is 2.22. The topological polar surface area (TPSA) is 34.9 Å². The second-order valence-corrected chi connectivity index (χ2v) is 9.31. The fourth-order valence-corrected chi connectivity index (χ4v) is 6.05. The normalized spacial score (nSPS) is 13.5. The smallest absolute Gasteiger partial charge is 0.263 e. The van der Waals surface area contributed by atoms with Crippen molar-refractivity contribution in [1.82, 2.24) is 9.55 Å². The molecule has 0 N–H and O–H groups in total. The molecule has 0 amide bonds. The van der Waals surface area contributed by atoms with Gasteiger partial charge in [-0.1, -0.05) is 72.8 Å². The van der Waals surface area contributed by atoms with Crippen molar-refractivity contribution in [2.24, 2.45) is 0 Å². The van der Waals surface area contributed by atoms with Gasteiger partial charge < -0.3 is 0 Å². The average molecular weight is 423 g/mol. The van der Waals surface area contributed by atoms with E-state index in [2.05, 4.69) is 42.5 Å². The lowest BCUT2D eigenvalue weighted by Crippen LogP contribution is -2.24. The van der Waals surface area contributed by atoms with Gasteiger partial charge in [-0.2, -0.15) is 0 Å². The van der Waals surface area contributed by atoms with E-state index in [-0.39, 0.29) is 5.56 Å². The molecule has 31 heavy (non-hydrogen) atoms. The van der Waals surface area contributed by atoms with E-state index in [4.69, 9.17) is 4.98 Å². The van der Waals surface area contributed by atoms with E-state index < -0.39 is 0 Å². The predicted molar refractivity (Wildman–Crippen MR) is 129 cm³/mol. The lowest BCUT2D eigenvalue weighted by atomic mass is 9.97. The molecule has 0 atom stereocenters. The quantitative estimate of drug-likeness (QED) is 0.347. The van der Waals surface area contributed by atoms with Crippen LogP contribution in [0.4, 0.5) is 0 Å². The third-order valence-electron chi connectivity index (χ3n) is 6.32. The van der Waals surface area contributed by atoms with E-state index in [0.29, 0.717) is 6.54 Å². The van der Waals surface area contributed by atoms with Crippen LogP contribution in [0.25, 0.3) is 32.4 Å². The predicted octanol–water partition coefficient (Wildman–Crippen LogP) is 6.21. The first-order chi connectivity index (χ1) is 15.3. The SMILES string of the molecule is O=c1c2c3c(sc2nc(-c2ccccc2)n1Cc1cccc2ccccc12)CCCC3. The van der Waals surface area contributed by atoms with Crippen LogP contribution in [0, 0.1) is 0 Å². The molecule has 4 heteroatoms. The lowest BCUT2D eigenvalue weighted by Gasteiger charge is -2.15. The fourth-order valence-electron chi connectivity index (χ4n) is 4.79. The summed E-state index contributed by atoms with van der Waals surface area (Å²) in [6.07, 6.45) is 4.42. The van der Waals surface area contributed by atoms with E-state index in [1.165, 1.54) is 27.6 Å². The molecule has 1 aliphatic rings. The van der Waals surface area contributed by atoms with Crippen molar-refractivity contribution in [3.63, 3.8) is 0 Å². The van der Waals surface area contributed by atoms with E-state index >= 15 is 0 Å². The Hall–Kier alpha value is -3.24. The van der Waals surface area contributed by atoms with Gasteiger partial charge in [0.1, 0.15) is 10.7 Å². The number of hydrogen-bond donors (Lipinski definition) is 0. The molecule has 3 nitrogen and oxygen atoms in total. The van der Waals surface area contributed by atoms with Gasteiger partial charge in [0.2, 0.25) is 0 Å². The van der Waals surface area contributed by atoms with Gasteiger partial charge in [0.25, 0.3) is 5.56 Å². The van der Waals surface area contributed by atoms with Gasteiger partial charge in [-0.25, -0.2) is 4.98 Å². The Morgan fingerprint density at radius 1 is 0.871 bits per heavy atom. The van der Waals surface area contributed by atoms with Crippen molar-refractivity contribution in [3.8, 4) is 11.4 Å². The summed E-state index contributed by atoms with van der Waals surface area (Å²) >= 11 is 1.72. The molecule has 3 aromatic carbocycles. The number of benzene rings is 3. The minimum absolute atomic E-state index is 0.0937. The van der Waals surface area contributed by atoms with Gasteiger partial charge in [0.15, 0.2) is 0 Å². The third-order valence-corrected chi connectivity index (χ3v) is 7.50. The summed E-state index contributed by atoms with van der Waals surface area (Å²) in [7, 11) is 0. The number of thiophene rings is 1. The molecule has 0 saturated heterocycles. The summed E-state index contributed by atoms with van der Waals surface area (Å²) in [4.78, 5) is 21.2. The highest BCUT2D eigenvalue weighted by atomic mass is 32.1. The van der Waals surface area contributed by atoms with Crippen LogP contribution in [0.2, 0.25) is 0 Å². The molecule has 0 fully saturated rings. The number of aryl methyl sites for hydroxylation is 2. The summed E-state index contributed by atoms with van der Waals surface area (Å²) < 4.78 is 1.89. The highest BCUT2D eigenvalue weighted by molar-refractivity contribution is 7.18. The summed E-state index contributed by atoms with van der Waals surface area (Å²) in [6.45, 7) is 0.512. The minimum atomic E-state index is 0.0937. The molecule has 0 spiro atoms. The van der Waals surface area contributed by atoms with Crippen LogP contribution in [-0.4, -0.2) is 9.55 Å². The zero-order valence-electron chi connectivity index (χ0n) is 17.2. The molecule has 0 radical (unpaired) electrons. The van der Waals surface area contributed by atoms with E-state index in [1.54, 1.807) is 11.3 Å². The van der Waals surface area contributed by atoms with Crippen molar-refractivity contribution in [2.75, 3.05) is 0 Å². The van der Waals surface area contributed by atoms with Gasteiger partial charge in [0.05, 0.1) is 11.9 Å². The number of hydrogen-bond acceptors (Lipinski definition) is 3. The zero-order valence-corrected chi connectivity index (χ0v) is 18.0. The van der Waals surface area contributed by atoms with Crippen LogP contribution >= 0.6 is 11.3 Å². The first-order valence-electron chi connectivity index (χ1n) is 10.9. The van der Waals surface area contributed by atoms with Crippen molar-refractivity contribution in [1.29, 1.82) is 0 Å². The molecular weight excluding hydrogens is 400 g/mol. The van der Waals surface area contributed by atoms with Crippen molar-refractivity contribution >= 4 is 32.3 Å². The lowest BCUT2D eigenvalue weighted by molar-refractivity contribution is 0.698. The molecule has 5 aromatic rings. The summed E-state index contributed by atoms with van der Waals surface area (Å²) in [5.74, 6) is 0.754. The molecule has 2 heterocycles. The van der Waals surface area contributed by atoms with Crippen LogP contribution in [0.1, 0.15) is 28.8 Å². The van der Waals surface area contributed by atoms with Crippen LogP contribution in [-0.2, 0) is 19.4 Å². The monoisotopic (exact) mass is 422 g/mol. The highest BCUT2D eigenvalue weighted by Crippen LogP contribution is 2.35. The summed E-state index contributed by atoms with van der Waals surface area (Å²) in [5.41, 5.74) is 3.46. The fraction of sp³-hybridized carbons (Fsp3) is 0.185. The van der Waals surface area contributed by atoms with E-state index in [9.17, 15) is 4.79 Å². The van der Waals surface area contributed by atoms with Gasteiger partial charge in [-0.15, -0.1) is 11.3 Å². The number of aromatic nitrogens is 2. The van der Waals surface area contributed by atoms with Crippen LogP contribution in [0.15, 0.2) is 77.6 Å². The number of nitrogens with zero attached hydrogens (tertiary/aromatic N) is 2. The first kappa shape index (κ1) is 18.5. The Bertz CT molecular complexity index is 1480. The molecule has 0 bridgehead atoms. The van der Waals surface area contributed by atoms with Gasteiger partial charge in [-0.3, -0.25) is 9.36 Å². The maximum Gasteiger partial charge on any atom is 0.263 e. The second-order valence-electron chi connectivity index (χ2n) is 8.22. The maximum atomic E-state index is 13.9. The Balaban J connectivity index is 1.63. The van der Waals surface area contributed by atoms with Gasteiger partial charge in [-0.05, 0) is 47.6 Å². The van der Waals surface area contributed by atoms with Crippen LogP contribution in [0.3, 0.4) is 0 Å². The molecule has 0 saturated carbocycles. The molecule has 0 aliphatic heterocycles. The van der Waals surface area contributed by atoms with Crippen molar-refractivity contribution in [2.45, 2.75) is 32.2 Å². The third kappa shape index (κ3) is 3.10. The van der Waals surface area contributed by atoms with E-state index in [1.807, 2.05) is 34.9 Å². The molecule has 1 aliphatic carbocycles. The largest absolute Gasteiger partial charge is 0.288 e. The van der Waals surface area contributed by atoms with Crippen molar-refractivity contribution in [3.05, 3.63) is 99.2 Å². The molecule has 0 unspecified atom stereocenters. The maximum absolute atomic E-state index is 13.9. The zero-order chi connectivity index (χ0) is 20.8. The van der Waals surface area contributed by atoms with Gasteiger partial charge in [0, 0.05) is 10.4 Å². The Morgan fingerprint density at radius 2 is 1.65 bits per heavy atom. The Kier molecular flexibility index (Phi) is 4.46. The molecule has 2 aromatic heterocycles. The summed E-state index contributed by atoms with van der Waals surface area (Å²) in [5, 5.41) is 3.22. The molecule has 6 rings (SSSR count). The Labute approximate surface area is 184 Å². The van der Waals surface area contributed by atoms with Crippen LogP contribution in [0.5, 0.6) is 0 Å². The average Bonchev–Trinajstić information content (AvgIpc) is 3.20. The number of rotatable bonds is 3. The minimum Gasteiger partial charge on any atom is -0.288 e.